The molecule has 1 saturated heterocycles. The normalized spacial score (nSPS) is 30.7. The molecule has 0 amide bonds. The number of ether oxygens (including phenoxy) is 3. The average molecular weight is 327 g/mol. The predicted molar refractivity (Wildman–Crippen MR) is 75.9 cm³/mol. The highest BCUT2D eigenvalue weighted by Crippen LogP contribution is 2.26. The standard InChI is InChI=1S/C14H17NO8/c1-21-14-11(18)10(17)12(9(6-16)22-14)23-13(19)7-4-2-3-5-8(7)15-20/h2-5,9-12,14,16-18H,6H2,1H3/t9-,10-,11-,12-,14+/m1/s1. The Morgan fingerprint density at radius 1 is 1.30 bits per heavy atom. The number of hydrogen-bond acceptors (Lipinski definition) is 9. The van der Waals surface area contributed by atoms with Crippen LogP contribution in [0.25, 0.3) is 0 Å². The Balaban J connectivity index is 2.19. The third-order valence-electron chi connectivity index (χ3n) is 3.52. The van der Waals surface area contributed by atoms with E-state index in [9.17, 15) is 25.0 Å². The van der Waals surface area contributed by atoms with Gasteiger partial charge in [0.2, 0.25) is 0 Å². The Bertz CT molecular complexity index is 563. The number of nitroso groups, excluding NO2 is 1. The fraction of sp³-hybridized carbons (Fsp3) is 0.500. The van der Waals surface area contributed by atoms with Gasteiger partial charge in [0.05, 0.1) is 12.2 Å². The molecule has 0 unspecified atom stereocenters. The van der Waals surface area contributed by atoms with Gasteiger partial charge in [-0.25, -0.2) is 4.79 Å². The molecule has 5 atom stereocenters. The van der Waals surface area contributed by atoms with Gasteiger partial charge in [0.1, 0.15) is 24.0 Å². The molecule has 9 nitrogen and oxygen atoms in total. The van der Waals surface area contributed by atoms with Crippen molar-refractivity contribution >= 4 is 11.7 Å². The zero-order valence-electron chi connectivity index (χ0n) is 12.2. The van der Waals surface area contributed by atoms with Crippen LogP contribution in [0.4, 0.5) is 5.69 Å². The van der Waals surface area contributed by atoms with Crippen molar-refractivity contribution in [3.63, 3.8) is 0 Å². The maximum atomic E-state index is 12.2. The summed E-state index contributed by atoms with van der Waals surface area (Å²) < 4.78 is 15.2. The summed E-state index contributed by atoms with van der Waals surface area (Å²) in [4.78, 5) is 22.9. The van der Waals surface area contributed by atoms with Crippen molar-refractivity contribution in [3.05, 3.63) is 34.7 Å². The molecule has 2 rings (SSSR count). The molecule has 3 N–H and O–H groups in total. The third kappa shape index (κ3) is 3.54. The number of carbonyl (C=O) groups is 1. The van der Waals surface area contributed by atoms with Crippen molar-refractivity contribution in [2.24, 2.45) is 5.18 Å². The minimum atomic E-state index is -1.54. The first-order chi connectivity index (χ1) is 11.0. The second kappa shape index (κ2) is 7.57. The van der Waals surface area contributed by atoms with Gasteiger partial charge in [-0.1, -0.05) is 12.1 Å². The first kappa shape index (κ1) is 17.4. The molecular formula is C14H17NO8. The molecule has 0 saturated carbocycles. The number of esters is 1. The monoisotopic (exact) mass is 327 g/mol. The molecule has 1 aromatic rings. The lowest BCUT2D eigenvalue weighted by Gasteiger charge is -2.40. The molecule has 0 radical (unpaired) electrons. The van der Waals surface area contributed by atoms with E-state index in [1.54, 1.807) is 0 Å². The summed E-state index contributed by atoms with van der Waals surface area (Å²) in [5, 5.41) is 32.0. The zero-order chi connectivity index (χ0) is 17.0. The summed E-state index contributed by atoms with van der Waals surface area (Å²) in [5.41, 5.74) is -0.227. The molecular weight excluding hydrogens is 310 g/mol. The van der Waals surface area contributed by atoms with Gasteiger partial charge in [-0.05, 0) is 17.3 Å². The summed E-state index contributed by atoms with van der Waals surface area (Å²) in [6, 6.07) is 5.70. The minimum Gasteiger partial charge on any atom is -0.453 e. The third-order valence-corrected chi connectivity index (χ3v) is 3.52. The van der Waals surface area contributed by atoms with E-state index in [0.717, 1.165) is 0 Å². The van der Waals surface area contributed by atoms with Crippen molar-refractivity contribution in [2.45, 2.75) is 30.7 Å². The molecule has 23 heavy (non-hydrogen) atoms. The molecule has 9 heteroatoms. The van der Waals surface area contributed by atoms with Gasteiger partial charge >= 0.3 is 5.97 Å². The Kier molecular flexibility index (Phi) is 5.74. The quantitative estimate of drug-likeness (QED) is 0.495. The summed E-state index contributed by atoms with van der Waals surface area (Å²) in [7, 11) is 1.26. The molecule has 0 bridgehead atoms. The molecule has 126 valence electrons. The van der Waals surface area contributed by atoms with Gasteiger partial charge in [-0.3, -0.25) is 0 Å². The molecule has 1 heterocycles. The summed E-state index contributed by atoms with van der Waals surface area (Å²) in [6.45, 7) is -0.574. The number of rotatable bonds is 5. The predicted octanol–water partition coefficient (Wildman–Crippen LogP) is -0.305. The van der Waals surface area contributed by atoms with Crippen LogP contribution in [-0.2, 0) is 14.2 Å². The summed E-state index contributed by atoms with van der Waals surface area (Å²) in [6.07, 6.45) is -6.61. The molecule has 1 aromatic carbocycles. The molecule has 0 spiro atoms. The van der Waals surface area contributed by atoms with Crippen LogP contribution >= 0.6 is 0 Å². The number of benzene rings is 1. The molecule has 0 aromatic heterocycles. The first-order valence-corrected chi connectivity index (χ1v) is 6.82. The lowest BCUT2D eigenvalue weighted by atomic mass is 9.99. The molecule has 1 aliphatic rings. The topological polar surface area (TPSA) is 135 Å². The van der Waals surface area contributed by atoms with Crippen LogP contribution in [-0.4, -0.2) is 65.7 Å². The van der Waals surface area contributed by atoms with Crippen molar-refractivity contribution in [1.29, 1.82) is 0 Å². The van der Waals surface area contributed by atoms with Gasteiger partial charge in [0.15, 0.2) is 12.4 Å². The van der Waals surface area contributed by atoms with Crippen molar-refractivity contribution in [3.8, 4) is 0 Å². The Labute approximate surface area is 131 Å². The fourth-order valence-corrected chi connectivity index (χ4v) is 2.31. The van der Waals surface area contributed by atoms with E-state index in [2.05, 4.69) is 5.18 Å². The SMILES string of the molecule is CO[C@H]1O[C@H](CO)[C@@H](OC(=O)c2ccccc2N=O)[C@H](O)[C@H]1O. The largest absolute Gasteiger partial charge is 0.453 e. The van der Waals surface area contributed by atoms with Crippen LogP contribution < -0.4 is 0 Å². The fourth-order valence-electron chi connectivity index (χ4n) is 2.31. The number of aliphatic hydroxyl groups excluding tert-OH is 3. The van der Waals surface area contributed by atoms with Crippen LogP contribution in [0.5, 0.6) is 0 Å². The second-order valence-electron chi connectivity index (χ2n) is 4.92. The highest BCUT2D eigenvalue weighted by atomic mass is 16.7. The summed E-state index contributed by atoms with van der Waals surface area (Å²) >= 11 is 0. The highest BCUT2D eigenvalue weighted by molar-refractivity contribution is 5.94. The lowest BCUT2D eigenvalue weighted by Crippen LogP contribution is -2.60. The average Bonchev–Trinajstić information content (AvgIpc) is 2.59. The van der Waals surface area contributed by atoms with Gasteiger partial charge in [-0.15, -0.1) is 4.91 Å². The second-order valence-corrected chi connectivity index (χ2v) is 4.92. The Morgan fingerprint density at radius 2 is 2.00 bits per heavy atom. The van der Waals surface area contributed by atoms with Crippen LogP contribution in [0.1, 0.15) is 10.4 Å². The molecule has 1 fully saturated rings. The van der Waals surface area contributed by atoms with E-state index >= 15 is 0 Å². The highest BCUT2D eigenvalue weighted by Gasteiger charge is 2.46. The van der Waals surface area contributed by atoms with Gasteiger partial charge in [-0.2, -0.15) is 0 Å². The Morgan fingerprint density at radius 3 is 2.61 bits per heavy atom. The van der Waals surface area contributed by atoms with E-state index in [1.807, 2.05) is 0 Å². The van der Waals surface area contributed by atoms with Crippen molar-refractivity contribution in [1.82, 2.24) is 0 Å². The van der Waals surface area contributed by atoms with Gasteiger partial charge in [0, 0.05) is 7.11 Å². The minimum absolute atomic E-state index is 0.102. The molecule has 1 aliphatic heterocycles. The lowest BCUT2D eigenvalue weighted by molar-refractivity contribution is -0.293. The van der Waals surface area contributed by atoms with E-state index in [1.165, 1.54) is 31.4 Å². The summed E-state index contributed by atoms with van der Waals surface area (Å²) in [5.74, 6) is -0.936. The van der Waals surface area contributed by atoms with Gasteiger partial charge < -0.3 is 29.5 Å². The zero-order valence-corrected chi connectivity index (χ0v) is 12.2. The van der Waals surface area contributed by atoms with E-state index in [4.69, 9.17) is 14.2 Å². The maximum absolute atomic E-state index is 12.2. The smallest absolute Gasteiger partial charge is 0.340 e. The van der Waals surface area contributed by atoms with Crippen molar-refractivity contribution in [2.75, 3.05) is 13.7 Å². The van der Waals surface area contributed by atoms with Gasteiger partial charge in [0.25, 0.3) is 0 Å². The van der Waals surface area contributed by atoms with E-state index in [-0.39, 0.29) is 11.3 Å². The Hall–Kier alpha value is -1.91. The first-order valence-electron chi connectivity index (χ1n) is 6.82. The maximum Gasteiger partial charge on any atom is 0.340 e. The number of aliphatic hydroxyl groups is 3. The van der Waals surface area contributed by atoms with Crippen LogP contribution in [0.15, 0.2) is 29.4 Å². The van der Waals surface area contributed by atoms with Crippen LogP contribution in [0.2, 0.25) is 0 Å². The van der Waals surface area contributed by atoms with Crippen LogP contribution in [0.3, 0.4) is 0 Å². The number of nitrogens with zero attached hydrogens (tertiary/aromatic N) is 1. The van der Waals surface area contributed by atoms with Crippen molar-refractivity contribution < 1.29 is 34.3 Å². The molecule has 0 aliphatic carbocycles. The number of hydrogen-bond donors (Lipinski definition) is 3. The van der Waals surface area contributed by atoms with E-state index in [0.29, 0.717) is 0 Å². The number of methoxy groups -OCH3 is 1. The number of carbonyl (C=O) groups excluding carboxylic acids is 1. The van der Waals surface area contributed by atoms with Crippen LogP contribution in [0, 0.1) is 4.91 Å². The van der Waals surface area contributed by atoms with E-state index < -0.39 is 43.3 Å².